The third kappa shape index (κ3) is 8.26. The Kier molecular flexibility index (Phi) is 11.0. The molecule has 146 valence electrons. The van der Waals surface area contributed by atoms with Gasteiger partial charge in [-0.05, 0) is 56.8 Å². The van der Waals surface area contributed by atoms with Crippen LogP contribution in [0.25, 0.3) is 0 Å². The van der Waals surface area contributed by atoms with Gasteiger partial charge in [0.1, 0.15) is 0 Å². The van der Waals surface area contributed by atoms with E-state index in [1.165, 1.54) is 22.3 Å². The summed E-state index contributed by atoms with van der Waals surface area (Å²) in [6, 6.07) is 0. The van der Waals surface area contributed by atoms with Gasteiger partial charge in [-0.2, -0.15) is 0 Å². The first kappa shape index (κ1) is 23.4. The van der Waals surface area contributed by atoms with Crippen LogP contribution in [0.4, 0.5) is 0 Å². The summed E-state index contributed by atoms with van der Waals surface area (Å²) in [5, 5.41) is 0. The van der Waals surface area contributed by atoms with Crippen LogP contribution in [0.1, 0.15) is 60.3 Å². The number of terminal acetylenes is 1. The zero-order chi connectivity index (χ0) is 20.2. The summed E-state index contributed by atoms with van der Waals surface area (Å²) in [6.45, 7) is 13.5. The number of hydrogen-bond acceptors (Lipinski definition) is 0. The molecule has 0 amide bonds. The first-order chi connectivity index (χ1) is 12.9. The molecule has 0 N–H and O–H groups in total. The average molecular weight is 381 g/mol. The molecule has 1 aliphatic rings. The molecule has 1 heteroatoms. The third-order valence-corrected chi connectivity index (χ3v) is 6.51. The standard InChI is InChI=1S/C26H37P/c1-8-11-12-18-27(7)20-25(22(5)10-3)17-16-24(13-9-2)26-19-21(4)14-15-23(26)6/h1,12-18,22,26-27H,9-11,19H2,2-7H3/b17-16-,18-12-,24-13+. The van der Waals surface area contributed by atoms with Crippen LogP contribution in [0, 0.1) is 24.2 Å². The van der Waals surface area contributed by atoms with Crippen LogP contribution in [0.5, 0.6) is 0 Å². The lowest BCUT2D eigenvalue weighted by Crippen LogP contribution is -2.09. The van der Waals surface area contributed by atoms with Crippen molar-refractivity contribution in [3.8, 4) is 12.3 Å². The van der Waals surface area contributed by atoms with Crippen molar-refractivity contribution in [1.82, 2.24) is 0 Å². The Hall–Kier alpha value is -1.66. The lowest BCUT2D eigenvalue weighted by Gasteiger charge is -2.23. The van der Waals surface area contributed by atoms with Crippen molar-refractivity contribution >= 4 is 13.0 Å². The van der Waals surface area contributed by atoms with Gasteiger partial charge in [0.25, 0.3) is 0 Å². The van der Waals surface area contributed by atoms with Gasteiger partial charge in [0, 0.05) is 12.3 Å². The molecule has 3 unspecified atom stereocenters. The van der Waals surface area contributed by atoms with Crippen LogP contribution in [-0.2, 0) is 0 Å². The van der Waals surface area contributed by atoms with Gasteiger partial charge in [-0.3, -0.25) is 0 Å². The Morgan fingerprint density at radius 1 is 1.30 bits per heavy atom. The molecule has 1 aliphatic carbocycles. The molecule has 27 heavy (non-hydrogen) atoms. The molecule has 0 nitrogen and oxygen atoms in total. The fraction of sp³-hybridized carbons (Fsp3) is 0.462. The molecule has 0 saturated heterocycles. The molecular weight excluding hydrogens is 343 g/mol. The maximum atomic E-state index is 5.35. The molecule has 0 aromatic heterocycles. The fourth-order valence-electron chi connectivity index (χ4n) is 3.19. The highest BCUT2D eigenvalue weighted by molar-refractivity contribution is 7.59. The smallest absolute Gasteiger partial charge is 0.0270 e. The molecule has 0 saturated carbocycles. The van der Waals surface area contributed by atoms with E-state index in [-0.39, 0.29) is 0 Å². The summed E-state index contributed by atoms with van der Waals surface area (Å²) in [6.07, 6.45) is 23.1. The molecule has 3 atom stereocenters. The van der Waals surface area contributed by atoms with E-state index in [1.807, 2.05) is 0 Å². The highest BCUT2D eigenvalue weighted by atomic mass is 31.1. The van der Waals surface area contributed by atoms with Crippen molar-refractivity contribution in [3.05, 3.63) is 64.6 Å². The van der Waals surface area contributed by atoms with Gasteiger partial charge in [-0.25, -0.2) is 0 Å². The van der Waals surface area contributed by atoms with E-state index >= 15 is 0 Å². The zero-order valence-corrected chi connectivity index (χ0v) is 19.1. The normalized spacial score (nSPS) is 20.0. The Labute approximate surface area is 168 Å². The zero-order valence-electron chi connectivity index (χ0n) is 18.1. The van der Waals surface area contributed by atoms with Gasteiger partial charge in [0.2, 0.25) is 0 Å². The lowest BCUT2D eigenvalue weighted by molar-refractivity contribution is 0.675. The first-order valence-electron chi connectivity index (χ1n) is 10.2. The Bertz CT molecular complexity index is 753. The monoisotopic (exact) mass is 380 g/mol. The SMILES string of the molecule is C#CC/C=C\[PH](C)=C=C(/C=C\C(=C/CC)C1CC(C)=CC=C1C)C(C)CC. The van der Waals surface area contributed by atoms with Gasteiger partial charge in [-0.15, -0.1) is 17.8 Å². The van der Waals surface area contributed by atoms with E-state index < -0.39 is 7.55 Å². The van der Waals surface area contributed by atoms with Crippen LogP contribution in [0.2, 0.25) is 0 Å². The van der Waals surface area contributed by atoms with E-state index in [2.05, 4.69) is 94.9 Å². The van der Waals surface area contributed by atoms with Crippen molar-refractivity contribution in [1.29, 1.82) is 0 Å². The predicted molar refractivity (Wildman–Crippen MR) is 128 cm³/mol. The minimum atomic E-state index is -0.773. The summed E-state index contributed by atoms with van der Waals surface area (Å²) in [5.74, 6) is 5.96. The van der Waals surface area contributed by atoms with E-state index in [0.29, 0.717) is 18.3 Å². The van der Waals surface area contributed by atoms with Gasteiger partial charge < -0.3 is 0 Å². The van der Waals surface area contributed by atoms with Crippen LogP contribution >= 0.6 is 7.55 Å². The molecule has 0 aromatic carbocycles. The van der Waals surface area contributed by atoms with E-state index in [9.17, 15) is 0 Å². The second-order valence-electron chi connectivity index (χ2n) is 7.51. The molecule has 0 radical (unpaired) electrons. The maximum Gasteiger partial charge on any atom is 0.0270 e. The predicted octanol–water partition coefficient (Wildman–Crippen LogP) is 7.55. The Balaban J connectivity index is 3.21. The van der Waals surface area contributed by atoms with Crippen molar-refractivity contribution in [2.45, 2.75) is 60.3 Å². The van der Waals surface area contributed by atoms with E-state index in [0.717, 1.165) is 19.3 Å². The summed E-state index contributed by atoms with van der Waals surface area (Å²) in [7, 11) is -0.773. The van der Waals surface area contributed by atoms with Crippen molar-refractivity contribution in [3.63, 3.8) is 0 Å². The molecule has 0 spiro atoms. The summed E-state index contributed by atoms with van der Waals surface area (Å²) in [5.41, 5.74) is 9.47. The van der Waals surface area contributed by atoms with Gasteiger partial charge in [-0.1, -0.05) is 81.7 Å². The van der Waals surface area contributed by atoms with E-state index in [1.54, 1.807) is 0 Å². The van der Waals surface area contributed by atoms with E-state index in [4.69, 9.17) is 6.42 Å². The maximum absolute atomic E-state index is 5.35. The fourth-order valence-corrected chi connectivity index (χ4v) is 4.53. The third-order valence-electron chi connectivity index (χ3n) is 5.09. The molecule has 0 fully saturated rings. The summed E-state index contributed by atoms with van der Waals surface area (Å²) < 4.78 is 0. The average Bonchev–Trinajstić information content (AvgIpc) is 2.65. The molecule has 0 aromatic rings. The minimum absolute atomic E-state index is 0.506. The molecule has 0 aliphatic heterocycles. The number of rotatable bonds is 8. The van der Waals surface area contributed by atoms with Crippen LogP contribution in [0.15, 0.2) is 64.6 Å². The second kappa shape index (κ2) is 12.7. The molecule has 0 heterocycles. The quantitative estimate of drug-likeness (QED) is 0.232. The number of hydrogen-bond donors (Lipinski definition) is 0. The van der Waals surface area contributed by atoms with Gasteiger partial charge >= 0.3 is 0 Å². The molecule has 1 rings (SSSR count). The highest BCUT2D eigenvalue weighted by Crippen LogP contribution is 2.32. The molecule has 0 bridgehead atoms. The van der Waals surface area contributed by atoms with Crippen LogP contribution < -0.4 is 0 Å². The highest BCUT2D eigenvalue weighted by Gasteiger charge is 2.17. The lowest BCUT2D eigenvalue weighted by atomic mass is 9.82. The van der Waals surface area contributed by atoms with Crippen molar-refractivity contribution in [2.24, 2.45) is 11.8 Å². The summed E-state index contributed by atoms with van der Waals surface area (Å²) >= 11 is 0. The van der Waals surface area contributed by atoms with Crippen LogP contribution in [-0.4, -0.2) is 12.1 Å². The first-order valence-corrected chi connectivity index (χ1v) is 12.3. The van der Waals surface area contributed by atoms with Crippen molar-refractivity contribution < 1.29 is 0 Å². The van der Waals surface area contributed by atoms with Gasteiger partial charge in [0.05, 0.1) is 0 Å². The van der Waals surface area contributed by atoms with Crippen molar-refractivity contribution in [2.75, 3.05) is 6.66 Å². The van der Waals surface area contributed by atoms with Gasteiger partial charge in [0.15, 0.2) is 0 Å². The largest absolute Gasteiger partial charge is 0.122 e. The minimum Gasteiger partial charge on any atom is -0.122 e. The topological polar surface area (TPSA) is 0 Å². The Morgan fingerprint density at radius 2 is 2.04 bits per heavy atom. The molecular formula is C26H37P. The summed E-state index contributed by atoms with van der Waals surface area (Å²) in [4.78, 5) is 0. The second-order valence-corrected chi connectivity index (χ2v) is 9.46. The van der Waals surface area contributed by atoms with Crippen LogP contribution in [0.3, 0.4) is 0 Å². The Morgan fingerprint density at radius 3 is 2.67 bits per heavy atom. The number of allylic oxidation sites excluding steroid dienone is 10.